The molecule has 0 bridgehead atoms. The van der Waals surface area contributed by atoms with Crippen LogP contribution >= 0.6 is 15.9 Å². The summed E-state index contributed by atoms with van der Waals surface area (Å²) in [7, 11) is 0. The van der Waals surface area contributed by atoms with Gasteiger partial charge >= 0.3 is 0 Å². The van der Waals surface area contributed by atoms with Crippen molar-refractivity contribution in [2.75, 3.05) is 5.32 Å². The Hall–Kier alpha value is -2.21. The average Bonchev–Trinajstić information content (AvgIpc) is 3.05. The van der Waals surface area contributed by atoms with Crippen LogP contribution in [0.5, 0.6) is 0 Å². The summed E-state index contributed by atoms with van der Waals surface area (Å²) in [5, 5.41) is 2.92. The number of pyridine rings is 1. The van der Waals surface area contributed by atoms with Crippen molar-refractivity contribution in [1.29, 1.82) is 0 Å². The maximum atomic E-state index is 13.2. The third-order valence-corrected chi connectivity index (χ3v) is 6.26. The van der Waals surface area contributed by atoms with E-state index in [2.05, 4.69) is 26.2 Å². The van der Waals surface area contributed by atoms with Crippen LogP contribution in [0.1, 0.15) is 54.4 Å². The number of benzene rings is 1. The highest BCUT2D eigenvalue weighted by Gasteiger charge is 2.37. The molecule has 1 N–H and O–H groups in total. The molecule has 2 aromatic rings. The quantitative estimate of drug-likeness (QED) is 0.725. The molecule has 0 saturated heterocycles. The number of anilines is 1. The van der Waals surface area contributed by atoms with Crippen molar-refractivity contribution < 1.29 is 9.59 Å². The normalized spacial score (nSPS) is 18.0. The standard InChI is InChI=1S/C22H24BrN3O2/c23-17-10-11-20(24-13-17)25-21(27)19(12-15-6-2-1-3-7-15)26-14-16-8-4-5-9-18(16)22(26)28/h4-5,8-11,13,15,19H,1-3,6-7,12,14H2,(H,24,25,27)/t19-/m1/s1. The summed E-state index contributed by atoms with van der Waals surface area (Å²) in [4.78, 5) is 32.2. The molecule has 1 fully saturated rings. The number of amides is 2. The highest BCUT2D eigenvalue weighted by molar-refractivity contribution is 9.10. The largest absolute Gasteiger partial charge is 0.322 e. The fourth-order valence-electron chi connectivity index (χ4n) is 4.30. The third-order valence-electron chi connectivity index (χ3n) is 5.79. The van der Waals surface area contributed by atoms with E-state index in [1.54, 1.807) is 17.2 Å². The van der Waals surface area contributed by atoms with E-state index in [0.717, 1.165) is 22.9 Å². The molecule has 1 atom stereocenters. The molecule has 28 heavy (non-hydrogen) atoms. The second kappa shape index (κ2) is 8.43. The number of hydrogen-bond acceptors (Lipinski definition) is 3. The van der Waals surface area contributed by atoms with E-state index < -0.39 is 6.04 Å². The van der Waals surface area contributed by atoms with E-state index in [-0.39, 0.29) is 11.8 Å². The number of halogens is 1. The Morgan fingerprint density at radius 1 is 1.18 bits per heavy atom. The molecule has 1 saturated carbocycles. The van der Waals surface area contributed by atoms with Crippen molar-refractivity contribution in [3.05, 3.63) is 58.2 Å². The number of nitrogens with one attached hydrogen (secondary N) is 1. The fourth-order valence-corrected chi connectivity index (χ4v) is 4.54. The second-order valence-corrected chi connectivity index (χ2v) is 8.61. The van der Waals surface area contributed by atoms with E-state index in [4.69, 9.17) is 0 Å². The van der Waals surface area contributed by atoms with Crippen molar-refractivity contribution in [2.45, 2.75) is 51.1 Å². The first-order valence-corrected chi connectivity index (χ1v) is 10.7. The van der Waals surface area contributed by atoms with Crippen LogP contribution in [0, 0.1) is 5.92 Å². The van der Waals surface area contributed by atoms with Crippen LogP contribution in [0.15, 0.2) is 47.1 Å². The number of carbonyl (C=O) groups excluding carboxylic acids is 2. The summed E-state index contributed by atoms with van der Waals surface area (Å²) in [5.74, 6) is 0.793. The van der Waals surface area contributed by atoms with Gasteiger partial charge in [0.25, 0.3) is 5.91 Å². The summed E-state index contributed by atoms with van der Waals surface area (Å²) in [6.45, 7) is 0.494. The fraction of sp³-hybridized carbons (Fsp3) is 0.409. The molecule has 2 amide bonds. The molecule has 2 aliphatic rings. The number of nitrogens with zero attached hydrogens (tertiary/aromatic N) is 2. The SMILES string of the molecule is O=C(Nc1ccc(Br)cn1)[C@@H](CC1CCCCC1)N1Cc2ccccc2C1=O. The zero-order chi connectivity index (χ0) is 19.5. The summed E-state index contributed by atoms with van der Waals surface area (Å²) < 4.78 is 0.856. The van der Waals surface area contributed by atoms with E-state index >= 15 is 0 Å². The third kappa shape index (κ3) is 4.12. The second-order valence-electron chi connectivity index (χ2n) is 7.70. The van der Waals surface area contributed by atoms with Gasteiger partial charge in [-0.3, -0.25) is 9.59 Å². The van der Waals surface area contributed by atoms with E-state index in [9.17, 15) is 9.59 Å². The van der Waals surface area contributed by atoms with Gasteiger partial charge in [0, 0.05) is 22.8 Å². The van der Waals surface area contributed by atoms with Gasteiger partial charge in [-0.05, 0) is 52.0 Å². The number of aromatic nitrogens is 1. The average molecular weight is 442 g/mol. The van der Waals surface area contributed by atoms with Crippen LogP contribution in [0.25, 0.3) is 0 Å². The van der Waals surface area contributed by atoms with Crippen molar-refractivity contribution in [3.8, 4) is 0 Å². The molecule has 4 rings (SSSR count). The minimum Gasteiger partial charge on any atom is -0.322 e. The number of fused-ring (bicyclic) bond motifs is 1. The lowest BCUT2D eigenvalue weighted by Gasteiger charge is -2.31. The summed E-state index contributed by atoms with van der Waals surface area (Å²) in [5.41, 5.74) is 1.71. The van der Waals surface area contributed by atoms with Gasteiger partial charge in [0.1, 0.15) is 11.9 Å². The molecule has 146 valence electrons. The molecular weight excluding hydrogens is 418 g/mol. The predicted octanol–water partition coefficient (Wildman–Crippen LogP) is 4.78. The van der Waals surface area contributed by atoms with E-state index in [0.29, 0.717) is 30.3 Å². The molecule has 1 aromatic heterocycles. The minimum atomic E-state index is -0.478. The van der Waals surface area contributed by atoms with Gasteiger partial charge < -0.3 is 10.2 Å². The molecule has 0 spiro atoms. The monoisotopic (exact) mass is 441 g/mol. The topological polar surface area (TPSA) is 62.3 Å². The number of rotatable bonds is 5. The molecule has 6 heteroatoms. The zero-order valence-electron chi connectivity index (χ0n) is 15.7. The van der Waals surface area contributed by atoms with Gasteiger partial charge in [-0.1, -0.05) is 50.3 Å². The molecule has 1 aliphatic heterocycles. The Morgan fingerprint density at radius 2 is 1.96 bits per heavy atom. The van der Waals surface area contributed by atoms with Crippen molar-refractivity contribution in [3.63, 3.8) is 0 Å². The van der Waals surface area contributed by atoms with Gasteiger partial charge in [-0.15, -0.1) is 0 Å². The maximum absolute atomic E-state index is 13.2. The Balaban J connectivity index is 1.55. The van der Waals surface area contributed by atoms with Gasteiger partial charge in [-0.25, -0.2) is 4.98 Å². The first-order chi connectivity index (χ1) is 13.6. The van der Waals surface area contributed by atoms with Gasteiger partial charge in [-0.2, -0.15) is 0 Å². The van der Waals surface area contributed by atoms with E-state index in [1.807, 2.05) is 30.3 Å². The Kier molecular flexibility index (Phi) is 5.76. The summed E-state index contributed by atoms with van der Waals surface area (Å²) >= 11 is 3.36. The van der Waals surface area contributed by atoms with Crippen LogP contribution in [-0.2, 0) is 11.3 Å². The Labute approximate surface area is 173 Å². The minimum absolute atomic E-state index is 0.0460. The summed E-state index contributed by atoms with van der Waals surface area (Å²) in [6, 6.07) is 10.8. The predicted molar refractivity (Wildman–Crippen MR) is 112 cm³/mol. The highest BCUT2D eigenvalue weighted by atomic mass is 79.9. The lowest BCUT2D eigenvalue weighted by atomic mass is 9.84. The van der Waals surface area contributed by atoms with Crippen LogP contribution < -0.4 is 5.32 Å². The smallest absolute Gasteiger partial charge is 0.255 e. The maximum Gasteiger partial charge on any atom is 0.255 e. The summed E-state index contributed by atoms with van der Waals surface area (Å²) in [6.07, 6.45) is 8.32. The molecular formula is C22H24BrN3O2. The van der Waals surface area contributed by atoms with Crippen LogP contribution in [0.4, 0.5) is 5.82 Å². The number of carbonyl (C=O) groups is 2. The molecule has 0 unspecified atom stereocenters. The molecule has 0 radical (unpaired) electrons. The first kappa shape index (κ1) is 19.1. The molecule has 1 aliphatic carbocycles. The van der Waals surface area contributed by atoms with Crippen molar-refractivity contribution in [1.82, 2.24) is 9.88 Å². The number of hydrogen-bond donors (Lipinski definition) is 1. The first-order valence-electron chi connectivity index (χ1n) is 9.93. The van der Waals surface area contributed by atoms with Gasteiger partial charge in [0.05, 0.1) is 0 Å². The van der Waals surface area contributed by atoms with Crippen molar-refractivity contribution >= 4 is 33.6 Å². The lowest BCUT2D eigenvalue weighted by molar-refractivity contribution is -0.121. The van der Waals surface area contributed by atoms with Crippen LogP contribution in [-0.4, -0.2) is 27.7 Å². The lowest BCUT2D eigenvalue weighted by Crippen LogP contribution is -2.45. The van der Waals surface area contributed by atoms with E-state index in [1.165, 1.54) is 19.3 Å². The Morgan fingerprint density at radius 3 is 2.68 bits per heavy atom. The molecule has 5 nitrogen and oxygen atoms in total. The van der Waals surface area contributed by atoms with Crippen LogP contribution in [0.3, 0.4) is 0 Å². The Bertz CT molecular complexity index is 862. The van der Waals surface area contributed by atoms with Gasteiger partial charge in [0.15, 0.2) is 0 Å². The van der Waals surface area contributed by atoms with Gasteiger partial charge in [0.2, 0.25) is 5.91 Å². The van der Waals surface area contributed by atoms with Crippen molar-refractivity contribution in [2.24, 2.45) is 5.92 Å². The van der Waals surface area contributed by atoms with Crippen LogP contribution in [0.2, 0.25) is 0 Å². The molecule has 2 heterocycles. The highest BCUT2D eigenvalue weighted by Crippen LogP contribution is 2.32. The zero-order valence-corrected chi connectivity index (χ0v) is 17.3. The molecule has 1 aromatic carbocycles.